The van der Waals surface area contributed by atoms with Crippen LogP contribution in [0.5, 0.6) is 0 Å². The number of hydrogen-bond acceptors (Lipinski definition) is 4. The largest absolute Gasteiger partial charge is 0.447 e. The average Bonchev–Trinajstić information content (AvgIpc) is 3.08. The molecule has 0 saturated carbocycles. The lowest BCUT2D eigenvalue weighted by Crippen LogP contribution is -2.38. The zero-order chi connectivity index (χ0) is 21.6. The van der Waals surface area contributed by atoms with Gasteiger partial charge in [-0.1, -0.05) is 39.8 Å². The zero-order valence-corrected chi connectivity index (χ0v) is 17.9. The number of amides is 2. The van der Waals surface area contributed by atoms with E-state index in [1.807, 2.05) is 24.3 Å². The minimum Gasteiger partial charge on any atom is -0.447 e. The van der Waals surface area contributed by atoms with Crippen LogP contribution in [0, 0.1) is 11.3 Å². The Morgan fingerprint density at radius 1 is 1.23 bits per heavy atom. The number of carbonyl (C=O) groups excluding carboxylic acids is 2. The number of nitrogens with zero attached hydrogens (tertiary/aromatic N) is 1. The van der Waals surface area contributed by atoms with Gasteiger partial charge < -0.3 is 15.8 Å². The van der Waals surface area contributed by atoms with Crippen molar-refractivity contribution in [3.05, 3.63) is 59.2 Å². The third kappa shape index (κ3) is 3.51. The molecule has 2 atom stereocenters. The number of fused-ring (bicyclic) bond motifs is 1. The predicted octanol–water partition coefficient (Wildman–Crippen LogP) is 4.50. The summed E-state index contributed by atoms with van der Waals surface area (Å²) in [4.78, 5) is 25.7. The van der Waals surface area contributed by atoms with Crippen molar-refractivity contribution in [3.8, 4) is 0 Å². The van der Waals surface area contributed by atoms with E-state index in [0.29, 0.717) is 18.1 Å². The Morgan fingerprint density at radius 2 is 2.00 bits per heavy atom. The fraction of sp³-hybridized carbons (Fsp3) is 0.417. The normalized spacial score (nSPS) is 22.4. The first-order valence-electron chi connectivity index (χ1n) is 10.4. The van der Waals surface area contributed by atoms with Gasteiger partial charge in [-0.05, 0) is 59.2 Å². The van der Waals surface area contributed by atoms with Gasteiger partial charge in [0.1, 0.15) is 6.61 Å². The van der Waals surface area contributed by atoms with Crippen molar-refractivity contribution in [2.24, 2.45) is 17.1 Å². The first kappa shape index (κ1) is 20.3. The summed E-state index contributed by atoms with van der Waals surface area (Å²) in [5.41, 5.74) is 9.95. The number of hydrogen-bond donors (Lipinski definition) is 2. The van der Waals surface area contributed by atoms with Crippen LogP contribution in [0.25, 0.3) is 0 Å². The van der Waals surface area contributed by atoms with Crippen LogP contribution in [-0.4, -0.2) is 24.6 Å². The molecule has 2 aromatic rings. The molecule has 0 aliphatic carbocycles. The van der Waals surface area contributed by atoms with Gasteiger partial charge in [-0.25, -0.2) is 4.79 Å². The lowest BCUT2D eigenvalue weighted by atomic mass is 9.72. The number of carbonyl (C=O) groups is 2. The van der Waals surface area contributed by atoms with Crippen LogP contribution in [0.2, 0.25) is 0 Å². The molecule has 6 heteroatoms. The topological polar surface area (TPSA) is 84.7 Å². The van der Waals surface area contributed by atoms with Gasteiger partial charge in [-0.3, -0.25) is 9.69 Å². The van der Waals surface area contributed by atoms with Crippen molar-refractivity contribution in [2.45, 2.75) is 46.2 Å². The van der Waals surface area contributed by atoms with Crippen LogP contribution in [0.1, 0.15) is 55.2 Å². The number of rotatable bonds is 4. The van der Waals surface area contributed by atoms with Gasteiger partial charge in [0.25, 0.3) is 0 Å². The molecule has 2 amide bonds. The zero-order valence-electron chi connectivity index (χ0n) is 17.9. The second-order valence-electron chi connectivity index (χ2n) is 9.33. The molecule has 1 saturated heterocycles. The van der Waals surface area contributed by atoms with Crippen molar-refractivity contribution in [1.82, 2.24) is 0 Å². The second-order valence-corrected chi connectivity index (χ2v) is 9.33. The van der Waals surface area contributed by atoms with Crippen LogP contribution >= 0.6 is 0 Å². The van der Waals surface area contributed by atoms with Crippen LogP contribution in [-0.2, 0) is 11.2 Å². The van der Waals surface area contributed by atoms with Crippen molar-refractivity contribution in [1.29, 1.82) is 0 Å². The van der Waals surface area contributed by atoms with Gasteiger partial charge in [0.05, 0.1) is 12.1 Å². The third-order valence-corrected chi connectivity index (χ3v) is 6.27. The number of anilines is 2. The number of nitrogens with one attached hydrogen (secondary N) is 1. The summed E-state index contributed by atoms with van der Waals surface area (Å²) in [5, 5.41) is 3.65. The lowest BCUT2D eigenvalue weighted by Gasteiger charge is -2.41. The molecule has 0 aromatic heterocycles. The summed E-state index contributed by atoms with van der Waals surface area (Å²) in [7, 11) is 0. The minimum absolute atomic E-state index is 0.0352. The van der Waals surface area contributed by atoms with E-state index in [1.54, 1.807) is 11.0 Å². The smallest absolute Gasteiger partial charge is 0.414 e. The number of ether oxygens (including phenoxy) is 1. The monoisotopic (exact) mass is 407 g/mol. The molecule has 3 N–H and O–H groups in total. The number of benzene rings is 2. The molecule has 0 radical (unpaired) electrons. The second kappa shape index (κ2) is 7.35. The summed E-state index contributed by atoms with van der Waals surface area (Å²) >= 11 is 0. The Bertz CT molecular complexity index is 999. The number of cyclic esters (lactones) is 1. The maximum Gasteiger partial charge on any atom is 0.414 e. The van der Waals surface area contributed by atoms with Gasteiger partial charge in [0, 0.05) is 16.9 Å². The standard InChI is InChI=1S/C24H29N3O3/c1-14(2)20-13-30-23(29)27(20)18-7-5-6-15(11-18)21-24(3,4)12-17-10-16(22(25)28)8-9-19(17)26-21/h5-11,14,20-21,26H,12-13H2,1-4H3,(H2,25,28)/t20-,21?/m0/s1. The molecule has 2 aliphatic rings. The van der Waals surface area contributed by atoms with Gasteiger partial charge in [-0.15, -0.1) is 0 Å². The molecular formula is C24H29N3O3. The molecule has 2 heterocycles. The van der Waals surface area contributed by atoms with Gasteiger partial charge in [0.15, 0.2) is 0 Å². The van der Waals surface area contributed by atoms with Crippen molar-refractivity contribution >= 4 is 23.4 Å². The minimum atomic E-state index is -0.414. The van der Waals surface area contributed by atoms with E-state index in [1.165, 1.54) is 0 Å². The quantitative estimate of drug-likeness (QED) is 0.781. The maximum absolute atomic E-state index is 12.4. The van der Waals surface area contributed by atoms with E-state index in [9.17, 15) is 9.59 Å². The van der Waals surface area contributed by atoms with Gasteiger partial charge >= 0.3 is 6.09 Å². The summed E-state index contributed by atoms with van der Waals surface area (Å²) in [6.07, 6.45) is 0.525. The Kier molecular flexibility index (Phi) is 4.96. The van der Waals surface area contributed by atoms with E-state index in [-0.39, 0.29) is 23.6 Å². The van der Waals surface area contributed by atoms with Crippen LogP contribution in [0.3, 0.4) is 0 Å². The van der Waals surface area contributed by atoms with E-state index >= 15 is 0 Å². The third-order valence-electron chi connectivity index (χ3n) is 6.27. The average molecular weight is 408 g/mol. The summed E-state index contributed by atoms with van der Waals surface area (Å²) in [6.45, 7) is 9.04. The van der Waals surface area contributed by atoms with Crippen LogP contribution < -0.4 is 16.0 Å². The molecule has 30 heavy (non-hydrogen) atoms. The van der Waals surface area contributed by atoms with E-state index in [0.717, 1.165) is 28.9 Å². The molecule has 0 spiro atoms. The van der Waals surface area contributed by atoms with Crippen molar-refractivity contribution in [3.63, 3.8) is 0 Å². The summed E-state index contributed by atoms with van der Waals surface area (Å²) in [5.74, 6) is -0.113. The lowest BCUT2D eigenvalue weighted by molar-refractivity contribution is 0.1000. The fourth-order valence-electron chi connectivity index (χ4n) is 4.59. The fourth-order valence-corrected chi connectivity index (χ4v) is 4.59. The highest BCUT2D eigenvalue weighted by Gasteiger charge is 2.39. The van der Waals surface area contributed by atoms with Crippen molar-refractivity contribution < 1.29 is 14.3 Å². The SMILES string of the molecule is CC(C)[C@@H]1COC(=O)N1c1cccc(C2Nc3ccc(C(N)=O)cc3CC2(C)C)c1. The molecular weight excluding hydrogens is 378 g/mol. The molecule has 1 fully saturated rings. The van der Waals surface area contributed by atoms with Gasteiger partial charge in [0.2, 0.25) is 5.91 Å². The van der Waals surface area contributed by atoms with Gasteiger partial charge in [-0.2, -0.15) is 0 Å². The molecule has 0 bridgehead atoms. The highest BCUT2D eigenvalue weighted by molar-refractivity contribution is 5.93. The predicted molar refractivity (Wildman–Crippen MR) is 118 cm³/mol. The first-order valence-corrected chi connectivity index (χ1v) is 10.4. The number of primary amides is 1. The Balaban J connectivity index is 1.68. The molecule has 6 nitrogen and oxygen atoms in total. The highest BCUT2D eigenvalue weighted by atomic mass is 16.6. The Hall–Kier alpha value is -3.02. The molecule has 1 unspecified atom stereocenters. The molecule has 158 valence electrons. The Labute approximate surface area is 177 Å². The van der Waals surface area contributed by atoms with Crippen LogP contribution in [0.15, 0.2) is 42.5 Å². The highest BCUT2D eigenvalue weighted by Crippen LogP contribution is 2.45. The van der Waals surface area contributed by atoms with E-state index < -0.39 is 5.91 Å². The van der Waals surface area contributed by atoms with Crippen LogP contribution in [0.4, 0.5) is 16.2 Å². The summed E-state index contributed by atoms with van der Waals surface area (Å²) < 4.78 is 5.33. The van der Waals surface area contributed by atoms with E-state index in [4.69, 9.17) is 10.5 Å². The van der Waals surface area contributed by atoms with E-state index in [2.05, 4.69) is 45.1 Å². The molecule has 4 rings (SSSR count). The molecule has 2 aliphatic heterocycles. The Morgan fingerprint density at radius 3 is 2.70 bits per heavy atom. The van der Waals surface area contributed by atoms with Crippen molar-refractivity contribution in [2.75, 3.05) is 16.8 Å². The first-order chi connectivity index (χ1) is 14.2. The summed E-state index contributed by atoms with van der Waals surface area (Å²) in [6, 6.07) is 13.8. The maximum atomic E-state index is 12.4. The molecule has 2 aromatic carbocycles. The number of nitrogens with two attached hydrogens (primary N) is 1.